The number of halogens is 1. The zero-order chi connectivity index (χ0) is 20.6. The van der Waals surface area contributed by atoms with Crippen molar-refractivity contribution in [3.8, 4) is 6.07 Å². The highest BCUT2D eigenvalue weighted by atomic mass is 32.2. The van der Waals surface area contributed by atoms with Crippen LogP contribution in [0, 0.1) is 17.1 Å². The second kappa shape index (κ2) is 10.4. The predicted molar refractivity (Wildman–Crippen MR) is 114 cm³/mol. The molecule has 1 fully saturated rings. The van der Waals surface area contributed by atoms with Crippen molar-refractivity contribution >= 4 is 17.7 Å². The molecule has 1 aliphatic heterocycles. The molecule has 0 saturated carbocycles. The van der Waals surface area contributed by atoms with Gasteiger partial charge in [-0.25, -0.2) is 4.39 Å². The average molecular weight is 413 g/mol. The number of unbranched alkanes of at least 4 members (excludes halogenated alkanes) is 1. The monoisotopic (exact) mass is 412 g/mol. The van der Waals surface area contributed by atoms with E-state index in [4.69, 9.17) is 5.26 Å². The minimum Gasteiger partial charge on any atom is -0.323 e. The Morgan fingerprint density at radius 3 is 2.83 bits per heavy atom. The third kappa shape index (κ3) is 5.81. The van der Waals surface area contributed by atoms with Crippen LogP contribution < -0.4 is 4.90 Å². The molecule has 0 aromatic heterocycles. The molecule has 2 atom stereocenters. The standard InChI is InChI=1S/C23H26FN3OS/c1-2-3-11-26(16-19-6-4-5-18(14-19)15-25)17-22(28)27-12-13-29-23(27)20-7-9-21(24)10-8-20/h4-10,14,23H,2-3,11-13,16-17H2,1H3/p+1/t23-/m0/s1. The summed E-state index contributed by atoms with van der Waals surface area (Å²) < 4.78 is 13.3. The lowest BCUT2D eigenvalue weighted by atomic mass is 10.1. The van der Waals surface area contributed by atoms with E-state index in [2.05, 4.69) is 13.0 Å². The molecular weight excluding hydrogens is 385 g/mol. The van der Waals surface area contributed by atoms with Crippen molar-refractivity contribution in [3.63, 3.8) is 0 Å². The molecule has 1 N–H and O–H groups in total. The summed E-state index contributed by atoms with van der Waals surface area (Å²) in [6.07, 6.45) is 2.13. The van der Waals surface area contributed by atoms with Crippen molar-refractivity contribution in [1.29, 1.82) is 5.26 Å². The van der Waals surface area contributed by atoms with Gasteiger partial charge >= 0.3 is 0 Å². The molecular formula is C23H27FN3OS+. The van der Waals surface area contributed by atoms with Gasteiger partial charge in [0.25, 0.3) is 5.91 Å². The number of carbonyl (C=O) groups excluding carboxylic acids is 1. The smallest absolute Gasteiger partial charge is 0.278 e. The summed E-state index contributed by atoms with van der Waals surface area (Å²) in [5.41, 5.74) is 2.70. The van der Waals surface area contributed by atoms with Crippen molar-refractivity contribution in [2.45, 2.75) is 31.7 Å². The summed E-state index contributed by atoms with van der Waals surface area (Å²) in [6, 6.07) is 16.3. The molecule has 1 heterocycles. The molecule has 0 radical (unpaired) electrons. The summed E-state index contributed by atoms with van der Waals surface area (Å²) in [5, 5.41) is 9.09. The number of thioether (sulfide) groups is 1. The molecule has 1 amide bonds. The first-order valence-corrected chi connectivity index (χ1v) is 11.1. The van der Waals surface area contributed by atoms with Crippen molar-refractivity contribution in [2.75, 3.05) is 25.4 Å². The van der Waals surface area contributed by atoms with E-state index in [9.17, 15) is 9.18 Å². The van der Waals surface area contributed by atoms with Gasteiger partial charge in [-0.05, 0) is 36.2 Å². The Morgan fingerprint density at radius 1 is 1.31 bits per heavy atom. The van der Waals surface area contributed by atoms with Crippen LogP contribution >= 0.6 is 11.8 Å². The second-order valence-electron chi connectivity index (χ2n) is 7.38. The van der Waals surface area contributed by atoms with Gasteiger partial charge in [0.2, 0.25) is 0 Å². The van der Waals surface area contributed by atoms with Gasteiger partial charge in [-0.3, -0.25) is 4.79 Å². The molecule has 4 nitrogen and oxygen atoms in total. The van der Waals surface area contributed by atoms with Gasteiger partial charge in [-0.15, -0.1) is 11.8 Å². The van der Waals surface area contributed by atoms with E-state index in [1.165, 1.54) is 17.0 Å². The van der Waals surface area contributed by atoms with Crippen molar-refractivity contribution < 1.29 is 14.1 Å². The molecule has 152 valence electrons. The first-order chi connectivity index (χ1) is 14.1. The van der Waals surface area contributed by atoms with E-state index < -0.39 is 0 Å². The zero-order valence-corrected chi connectivity index (χ0v) is 17.6. The quantitative estimate of drug-likeness (QED) is 0.725. The fourth-order valence-electron chi connectivity index (χ4n) is 3.65. The maximum atomic E-state index is 13.3. The van der Waals surface area contributed by atoms with E-state index >= 15 is 0 Å². The molecule has 1 aliphatic rings. The lowest BCUT2D eigenvalue weighted by molar-refractivity contribution is -0.906. The summed E-state index contributed by atoms with van der Waals surface area (Å²) in [5.74, 6) is 0.763. The Morgan fingerprint density at radius 2 is 2.10 bits per heavy atom. The first kappa shape index (κ1) is 21.4. The normalized spacial score (nSPS) is 17.1. The van der Waals surface area contributed by atoms with Crippen LogP contribution in [0.1, 0.15) is 41.8 Å². The highest BCUT2D eigenvalue weighted by Crippen LogP contribution is 2.37. The van der Waals surface area contributed by atoms with E-state index in [0.29, 0.717) is 12.1 Å². The van der Waals surface area contributed by atoms with Gasteiger partial charge in [-0.1, -0.05) is 37.6 Å². The Bertz CT molecular complexity index is 865. The van der Waals surface area contributed by atoms with Crippen LogP contribution in [0.4, 0.5) is 4.39 Å². The minimum atomic E-state index is -0.260. The topological polar surface area (TPSA) is 48.5 Å². The largest absolute Gasteiger partial charge is 0.323 e. The third-order valence-corrected chi connectivity index (χ3v) is 6.42. The molecule has 3 rings (SSSR count). The fraction of sp³-hybridized carbons (Fsp3) is 0.391. The van der Waals surface area contributed by atoms with Crippen LogP contribution in [0.25, 0.3) is 0 Å². The van der Waals surface area contributed by atoms with Gasteiger partial charge in [0, 0.05) is 17.9 Å². The molecule has 0 spiro atoms. The lowest BCUT2D eigenvalue weighted by Crippen LogP contribution is -3.12. The molecule has 29 heavy (non-hydrogen) atoms. The maximum absolute atomic E-state index is 13.3. The highest BCUT2D eigenvalue weighted by molar-refractivity contribution is 7.99. The minimum absolute atomic E-state index is 0.0440. The predicted octanol–water partition coefficient (Wildman–Crippen LogP) is 3.16. The van der Waals surface area contributed by atoms with Gasteiger partial charge in [0.1, 0.15) is 17.7 Å². The van der Waals surface area contributed by atoms with Gasteiger partial charge < -0.3 is 9.80 Å². The number of rotatable bonds is 8. The second-order valence-corrected chi connectivity index (χ2v) is 8.57. The average Bonchev–Trinajstić information content (AvgIpc) is 3.22. The molecule has 1 unspecified atom stereocenters. The SMILES string of the molecule is CCCC[NH+](CC(=O)N1CCS[C@H]1c1ccc(F)cc1)Cc1cccc(C#N)c1. The fourth-order valence-corrected chi connectivity index (χ4v) is 4.93. The number of hydrogen-bond acceptors (Lipinski definition) is 3. The number of nitriles is 1. The van der Waals surface area contributed by atoms with Crippen molar-refractivity contribution in [3.05, 3.63) is 71.0 Å². The van der Waals surface area contributed by atoms with Crippen molar-refractivity contribution in [1.82, 2.24) is 4.90 Å². The number of hydrogen-bond donors (Lipinski definition) is 1. The number of nitrogens with one attached hydrogen (secondary N) is 1. The van der Waals surface area contributed by atoms with Crippen LogP contribution in [0.2, 0.25) is 0 Å². The van der Waals surface area contributed by atoms with E-state index in [1.807, 2.05) is 23.1 Å². The number of carbonyl (C=O) groups is 1. The number of benzene rings is 2. The molecule has 2 aromatic carbocycles. The number of amides is 1. The molecule has 6 heteroatoms. The van der Waals surface area contributed by atoms with E-state index in [1.54, 1.807) is 30.0 Å². The van der Waals surface area contributed by atoms with E-state index in [-0.39, 0.29) is 17.1 Å². The van der Waals surface area contributed by atoms with Crippen LogP contribution in [0.3, 0.4) is 0 Å². The maximum Gasteiger partial charge on any atom is 0.278 e. The zero-order valence-electron chi connectivity index (χ0n) is 16.7. The van der Waals surface area contributed by atoms with Crippen LogP contribution in [0.15, 0.2) is 48.5 Å². The van der Waals surface area contributed by atoms with Crippen molar-refractivity contribution in [2.24, 2.45) is 0 Å². The first-order valence-electron chi connectivity index (χ1n) is 10.1. The van der Waals surface area contributed by atoms with E-state index in [0.717, 1.165) is 49.4 Å². The molecule has 0 bridgehead atoms. The molecule has 1 saturated heterocycles. The molecule has 2 aromatic rings. The van der Waals surface area contributed by atoms with Crippen LogP contribution in [-0.4, -0.2) is 36.2 Å². The Hall–Kier alpha value is -2.36. The number of nitrogens with zero attached hydrogens (tertiary/aromatic N) is 2. The Labute approximate surface area is 176 Å². The Balaban J connectivity index is 1.69. The van der Waals surface area contributed by atoms with Crippen LogP contribution in [-0.2, 0) is 11.3 Å². The Kier molecular flexibility index (Phi) is 7.68. The highest BCUT2D eigenvalue weighted by Gasteiger charge is 2.32. The summed E-state index contributed by atoms with van der Waals surface area (Å²) in [7, 11) is 0. The van der Waals surface area contributed by atoms with Gasteiger partial charge in [0.05, 0.1) is 18.2 Å². The summed E-state index contributed by atoms with van der Waals surface area (Å²) >= 11 is 1.73. The lowest BCUT2D eigenvalue weighted by Gasteiger charge is -2.27. The molecule has 0 aliphatic carbocycles. The van der Waals surface area contributed by atoms with Gasteiger partial charge in [0.15, 0.2) is 6.54 Å². The number of quaternary nitrogens is 1. The van der Waals surface area contributed by atoms with Gasteiger partial charge in [-0.2, -0.15) is 5.26 Å². The van der Waals surface area contributed by atoms with Crippen LogP contribution in [0.5, 0.6) is 0 Å². The summed E-state index contributed by atoms with van der Waals surface area (Å²) in [6.45, 7) is 4.94. The third-order valence-electron chi connectivity index (χ3n) is 5.16. The summed E-state index contributed by atoms with van der Waals surface area (Å²) in [4.78, 5) is 16.3.